The lowest BCUT2D eigenvalue weighted by Crippen LogP contribution is -2.55. The van der Waals surface area contributed by atoms with Gasteiger partial charge in [0.1, 0.15) is 0 Å². The van der Waals surface area contributed by atoms with Crippen LogP contribution < -0.4 is 5.32 Å². The van der Waals surface area contributed by atoms with Crippen LogP contribution >= 0.6 is 0 Å². The molecule has 0 spiro atoms. The van der Waals surface area contributed by atoms with Crippen LogP contribution in [0.5, 0.6) is 0 Å². The molecule has 0 aromatic heterocycles. The van der Waals surface area contributed by atoms with Crippen molar-refractivity contribution < 1.29 is 5.11 Å². The van der Waals surface area contributed by atoms with E-state index < -0.39 is 0 Å². The van der Waals surface area contributed by atoms with Crippen molar-refractivity contribution in [1.29, 1.82) is 0 Å². The highest BCUT2D eigenvalue weighted by molar-refractivity contribution is 4.94. The molecule has 2 fully saturated rings. The number of nitrogens with one attached hydrogen (secondary N) is 1. The van der Waals surface area contributed by atoms with Gasteiger partial charge < -0.3 is 15.3 Å². The minimum absolute atomic E-state index is 0.106. The summed E-state index contributed by atoms with van der Waals surface area (Å²) in [5, 5.41) is 13.2. The van der Waals surface area contributed by atoms with Crippen LogP contribution in [-0.2, 0) is 0 Å². The second kappa shape index (κ2) is 5.68. The van der Waals surface area contributed by atoms with E-state index in [0.717, 1.165) is 12.5 Å². The van der Waals surface area contributed by atoms with Gasteiger partial charge in [0, 0.05) is 19.1 Å². The van der Waals surface area contributed by atoms with Gasteiger partial charge in [0.25, 0.3) is 0 Å². The summed E-state index contributed by atoms with van der Waals surface area (Å²) >= 11 is 0. The molecule has 2 aliphatic rings. The van der Waals surface area contributed by atoms with Crippen molar-refractivity contribution >= 4 is 0 Å². The average Bonchev–Trinajstić information content (AvgIpc) is 3.14. The SMILES string of the molecule is CCCN(CC1CC1)CC(C)(CO)NC1CC1. The molecule has 0 bridgehead atoms. The quantitative estimate of drug-likeness (QED) is 0.643. The van der Waals surface area contributed by atoms with Gasteiger partial charge in [-0.1, -0.05) is 6.92 Å². The highest BCUT2D eigenvalue weighted by Crippen LogP contribution is 2.30. The Kier molecular flexibility index (Phi) is 4.45. The maximum atomic E-state index is 9.64. The Morgan fingerprint density at radius 2 is 2.00 bits per heavy atom. The lowest BCUT2D eigenvalue weighted by Gasteiger charge is -2.35. The van der Waals surface area contributed by atoms with Gasteiger partial charge in [-0.15, -0.1) is 0 Å². The Labute approximate surface area is 106 Å². The van der Waals surface area contributed by atoms with Crippen LogP contribution in [0.25, 0.3) is 0 Å². The molecule has 0 aliphatic heterocycles. The highest BCUT2D eigenvalue weighted by atomic mass is 16.3. The summed E-state index contributed by atoms with van der Waals surface area (Å²) in [6.45, 7) is 8.04. The van der Waals surface area contributed by atoms with Crippen LogP contribution in [0.2, 0.25) is 0 Å². The molecule has 0 radical (unpaired) electrons. The number of hydrogen-bond acceptors (Lipinski definition) is 3. The standard InChI is InChI=1S/C14H28N2O/c1-3-8-16(9-12-4-5-12)10-14(2,11-17)15-13-6-7-13/h12-13,15,17H,3-11H2,1-2H3. The Balaban J connectivity index is 1.82. The summed E-state index contributed by atoms with van der Waals surface area (Å²) in [6.07, 6.45) is 6.59. The first-order valence-electron chi connectivity index (χ1n) is 7.26. The summed E-state index contributed by atoms with van der Waals surface area (Å²) < 4.78 is 0. The third-order valence-electron chi connectivity index (χ3n) is 3.80. The fraction of sp³-hybridized carbons (Fsp3) is 1.00. The minimum Gasteiger partial charge on any atom is -0.394 e. The van der Waals surface area contributed by atoms with Crippen LogP contribution in [0.3, 0.4) is 0 Å². The van der Waals surface area contributed by atoms with Crippen molar-refractivity contribution in [3.8, 4) is 0 Å². The predicted octanol–water partition coefficient (Wildman–Crippen LogP) is 1.61. The average molecular weight is 240 g/mol. The smallest absolute Gasteiger partial charge is 0.0623 e. The van der Waals surface area contributed by atoms with Gasteiger partial charge in [0.05, 0.1) is 12.1 Å². The van der Waals surface area contributed by atoms with E-state index in [4.69, 9.17) is 0 Å². The van der Waals surface area contributed by atoms with Crippen LogP contribution in [0.4, 0.5) is 0 Å². The number of hydrogen-bond donors (Lipinski definition) is 2. The molecule has 2 rings (SSSR count). The number of aliphatic hydroxyl groups is 1. The zero-order valence-electron chi connectivity index (χ0n) is 11.4. The molecule has 3 nitrogen and oxygen atoms in total. The largest absolute Gasteiger partial charge is 0.394 e. The van der Waals surface area contributed by atoms with Gasteiger partial charge in [-0.25, -0.2) is 0 Å². The summed E-state index contributed by atoms with van der Waals surface area (Å²) in [4.78, 5) is 2.54. The zero-order valence-corrected chi connectivity index (χ0v) is 11.4. The summed E-state index contributed by atoms with van der Waals surface area (Å²) in [5.74, 6) is 0.936. The van der Waals surface area contributed by atoms with Crippen LogP contribution in [0.1, 0.15) is 46.0 Å². The van der Waals surface area contributed by atoms with Crippen molar-refractivity contribution in [1.82, 2.24) is 10.2 Å². The van der Waals surface area contributed by atoms with Crippen LogP contribution in [-0.4, -0.2) is 47.8 Å². The van der Waals surface area contributed by atoms with E-state index in [1.54, 1.807) is 0 Å². The van der Waals surface area contributed by atoms with Gasteiger partial charge >= 0.3 is 0 Å². The van der Waals surface area contributed by atoms with E-state index in [2.05, 4.69) is 24.1 Å². The van der Waals surface area contributed by atoms with E-state index >= 15 is 0 Å². The molecule has 2 saturated carbocycles. The van der Waals surface area contributed by atoms with Gasteiger partial charge in [-0.2, -0.15) is 0 Å². The summed E-state index contributed by atoms with van der Waals surface area (Å²) in [5.41, 5.74) is -0.106. The molecule has 1 atom stereocenters. The van der Waals surface area contributed by atoms with Crippen LogP contribution in [0, 0.1) is 5.92 Å². The predicted molar refractivity (Wildman–Crippen MR) is 71.1 cm³/mol. The molecule has 0 aromatic rings. The van der Waals surface area contributed by atoms with E-state index in [1.807, 2.05) is 0 Å². The Hall–Kier alpha value is -0.120. The molecule has 1 unspecified atom stereocenters. The summed E-state index contributed by atoms with van der Waals surface area (Å²) in [7, 11) is 0. The molecule has 0 aromatic carbocycles. The normalized spacial score (nSPS) is 24.0. The second-order valence-corrected chi connectivity index (χ2v) is 6.32. The zero-order chi connectivity index (χ0) is 12.3. The molecule has 0 amide bonds. The van der Waals surface area contributed by atoms with Crippen molar-refractivity contribution in [2.75, 3.05) is 26.2 Å². The third-order valence-corrected chi connectivity index (χ3v) is 3.80. The minimum atomic E-state index is -0.106. The van der Waals surface area contributed by atoms with Gasteiger partial charge in [0.15, 0.2) is 0 Å². The fourth-order valence-corrected chi connectivity index (χ4v) is 2.57. The third kappa shape index (κ3) is 4.57. The Morgan fingerprint density at radius 1 is 1.29 bits per heavy atom. The van der Waals surface area contributed by atoms with Gasteiger partial charge in [-0.05, 0) is 51.5 Å². The van der Waals surface area contributed by atoms with Crippen molar-refractivity contribution in [2.24, 2.45) is 5.92 Å². The van der Waals surface area contributed by atoms with E-state index in [-0.39, 0.29) is 12.1 Å². The topological polar surface area (TPSA) is 35.5 Å². The first kappa shape index (κ1) is 13.3. The molecular formula is C14H28N2O. The molecule has 100 valence electrons. The number of aliphatic hydroxyl groups excluding tert-OH is 1. The monoisotopic (exact) mass is 240 g/mol. The Bertz CT molecular complexity index is 238. The van der Waals surface area contributed by atoms with Crippen LogP contribution in [0.15, 0.2) is 0 Å². The molecule has 3 heteroatoms. The molecule has 2 aliphatic carbocycles. The van der Waals surface area contributed by atoms with Crippen molar-refractivity contribution in [2.45, 2.75) is 57.5 Å². The molecular weight excluding hydrogens is 212 g/mol. The molecule has 2 N–H and O–H groups in total. The van der Waals surface area contributed by atoms with Crippen molar-refractivity contribution in [3.05, 3.63) is 0 Å². The van der Waals surface area contributed by atoms with E-state index in [9.17, 15) is 5.11 Å². The summed E-state index contributed by atoms with van der Waals surface area (Å²) in [6, 6.07) is 0.663. The number of rotatable bonds is 9. The van der Waals surface area contributed by atoms with Gasteiger partial charge in [-0.3, -0.25) is 0 Å². The fourth-order valence-electron chi connectivity index (χ4n) is 2.57. The molecule has 17 heavy (non-hydrogen) atoms. The van der Waals surface area contributed by atoms with E-state index in [0.29, 0.717) is 6.04 Å². The lowest BCUT2D eigenvalue weighted by atomic mass is 10.0. The Morgan fingerprint density at radius 3 is 2.47 bits per heavy atom. The molecule has 0 saturated heterocycles. The number of nitrogens with zero attached hydrogens (tertiary/aromatic N) is 1. The first-order chi connectivity index (χ1) is 8.15. The maximum absolute atomic E-state index is 9.64. The second-order valence-electron chi connectivity index (χ2n) is 6.32. The van der Waals surface area contributed by atoms with E-state index in [1.165, 1.54) is 45.2 Å². The first-order valence-corrected chi connectivity index (χ1v) is 7.26. The highest BCUT2D eigenvalue weighted by Gasteiger charge is 2.34. The lowest BCUT2D eigenvalue weighted by molar-refractivity contribution is 0.115. The van der Waals surface area contributed by atoms with Gasteiger partial charge in [0.2, 0.25) is 0 Å². The van der Waals surface area contributed by atoms with Crippen molar-refractivity contribution in [3.63, 3.8) is 0 Å². The molecule has 0 heterocycles. The maximum Gasteiger partial charge on any atom is 0.0623 e.